The monoisotopic (exact) mass is 231 g/mol. The Bertz CT molecular complexity index is 422. The smallest absolute Gasteiger partial charge is 0.334 e. The van der Waals surface area contributed by atoms with Gasteiger partial charge in [-0.25, -0.2) is 9.59 Å². The maximum atomic E-state index is 11.5. The molecule has 8 heteroatoms. The minimum atomic E-state index is -0.655. The lowest BCUT2D eigenvalue weighted by Gasteiger charge is -2.05. The van der Waals surface area contributed by atoms with Gasteiger partial charge in [0.2, 0.25) is 5.16 Å². The number of aromatic nitrogens is 3. The summed E-state index contributed by atoms with van der Waals surface area (Å²) in [5, 5.41) is 6.61. The first-order valence-corrected chi connectivity index (χ1v) is 5.51. The van der Waals surface area contributed by atoms with Crippen molar-refractivity contribution in [3.8, 4) is 0 Å². The van der Waals surface area contributed by atoms with Crippen LogP contribution in [0.1, 0.15) is 13.8 Å². The molecule has 15 heavy (non-hydrogen) atoms. The van der Waals surface area contributed by atoms with Crippen LogP contribution >= 0.6 is 11.8 Å². The van der Waals surface area contributed by atoms with Gasteiger partial charge in [-0.2, -0.15) is 4.68 Å². The van der Waals surface area contributed by atoms with Crippen molar-refractivity contribution in [1.82, 2.24) is 19.8 Å². The highest BCUT2D eigenvalue weighted by molar-refractivity contribution is 7.98. The highest BCUT2D eigenvalue weighted by atomic mass is 32.2. The van der Waals surface area contributed by atoms with Gasteiger partial charge >= 0.3 is 11.7 Å². The van der Waals surface area contributed by atoms with Crippen LogP contribution in [0.4, 0.5) is 4.79 Å². The number of amides is 1. The number of nitrogens with two attached hydrogens (primary N) is 1. The lowest BCUT2D eigenvalue weighted by Crippen LogP contribution is -2.41. The van der Waals surface area contributed by atoms with Crippen LogP contribution in [0.15, 0.2) is 9.95 Å². The summed E-state index contributed by atoms with van der Waals surface area (Å²) < 4.78 is 1.55. The highest BCUT2D eigenvalue weighted by Gasteiger charge is 2.16. The van der Waals surface area contributed by atoms with Crippen LogP contribution in [-0.2, 0) is 0 Å². The van der Waals surface area contributed by atoms with Gasteiger partial charge in [-0.1, -0.05) is 11.8 Å². The van der Waals surface area contributed by atoms with Crippen LogP contribution in [-0.4, -0.2) is 32.8 Å². The zero-order chi connectivity index (χ0) is 11.6. The SMILES string of the molecule is CSc1nn(C(=O)NC(C)C)c(=O)n1N. The standard InChI is InChI=1S/C7H13N5O2S/c1-4(2)9-5(13)12-7(14)11(8)6(10-12)15-3/h4H,8H2,1-3H3,(H,9,13). The number of thioether (sulfide) groups is 1. The fourth-order valence-corrected chi connectivity index (χ4v) is 1.38. The second-order valence-electron chi connectivity index (χ2n) is 3.16. The molecule has 7 nitrogen and oxygen atoms in total. The Kier molecular flexibility index (Phi) is 3.40. The topological polar surface area (TPSA) is 94.9 Å². The number of nitrogen functional groups attached to an aromatic ring is 1. The van der Waals surface area contributed by atoms with Gasteiger partial charge < -0.3 is 11.2 Å². The van der Waals surface area contributed by atoms with E-state index in [9.17, 15) is 9.59 Å². The molecule has 0 aliphatic rings. The van der Waals surface area contributed by atoms with Crippen LogP contribution in [0.5, 0.6) is 0 Å². The number of hydrogen-bond donors (Lipinski definition) is 2. The number of nitrogens with zero attached hydrogens (tertiary/aromatic N) is 3. The Balaban J connectivity index is 3.05. The van der Waals surface area contributed by atoms with Gasteiger partial charge in [0.1, 0.15) is 0 Å². The van der Waals surface area contributed by atoms with E-state index >= 15 is 0 Å². The van der Waals surface area contributed by atoms with E-state index in [-0.39, 0.29) is 6.04 Å². The predicted molar refractivity (Wildman–Crippen MR) is 57.5 cm³/mol. The van der Waals surface area contributed by atoms with E-state index in [0.29, 0.717) is 9.84 Å². The molecule has 0 saturated heterocycles. The van der Waals surface area contributed by atoms with Gasteiger partial charge in [-0.15, -0.1) is 9.78 Å². The fourth-order valence-electron chi connectivity index (χ4n) is 0.940. The maximum absolute atomic E-state index is 11.5. The third kappa shape index (κ3) is 2.32. The summed E-state index contributed by atoms with van der Waals surface area (Å²) in [7, 11) is 0. The van der Waals surface area contributed by atoms with Gasteiger partial charge in [0.25, 0.3) is 0 Å². The molecule has 1 amide bonds. The van der Waals surface area contributed by atoms with E-state index in [1.807, 2.05) is 0 Å². The molecule has 0 bridgehead atoms. The van der Waals surface area contributed by atoms with E-state index < -0.39 is 11.7 Å². The molecule has 1 aromatic rings. The molecule has 0 fully saturated rings. The molecular weight excluding hydrogens is 218 g/mol. The summed E-state index contributed by atoms with van der Waals surface area (Å²) in [6.45, 7) is 3.58. The summed E-state index contributed by atoms with van der Waals surface area (Å²) in [5.41, 5.74) is -0.655. The molecular formula is C7H13N5O2S. The van der Waals surface area contributed by atoms with Gasteiger partial charge in [-0.3, -0.25) is 0 Å². The third-order valence-electron chi connectivity index (χ3n) is 1.57. The molecule has 84 valence electrons. The van der Waals surface area contributed by atoms with Crippen molar-refractivity contribution in [2.75, 3.05) is 12.1 Å². The molecule has 1 aromatic heterocycles. The van der Waals surface area contributed by atoms with Crippen LogP contribution in [0.25, 0.3) is 0 Å². The average Bonchev–Trinajstić information content (AvgIpc) is 2.43. The van der Waals surface area contributed by atoms with E-state index in [1.54, 1.807) is 20.1 Å². The molecule has 0 aliphatic carbocycles. The number of carbonyl (C=O) groups excluding carboxylic acids is 1. The third-order valence-corrected chi connectivity index (χ3v) is 2.21. The molecule has 1 rings (SSSR count). The lowest BCUT2D eigenvalue weighted by atomic mass is 10.4. The highest BCUT2D eigenvalue weighted by Crippen LogP contribution is 2.05. The van der Waals surface area contributed by atoms with Crippen molar-refractivity contribution in [2.24, 2.45) is 0 Å². The van der Waals surface area contributed by atoms with Gasteiger partial charge in [0, 0.05) is 6.04 Å². The van der Waals surface area contributed by atoms with Crippen LogP contribution < -0.4 is 16.8 Å². The Morgan fingerprint density at radius 2 is 2.20 bits per heavy atom. The number of nitrogens with one attached hydrogen (secondary N) is 1. The summed E-state index contributed by atoms with van der Waals surface area (Å²) >= 11 is 1.19. The molecule has 1 heterocycles. The average molecular weight is 231 g/mol. The van der Waals surface area contributed by atoms with Crippen molar-refractivity contribution in [3.05, 3.63) is 10.5 Å². The van der Waals surface area contributed by atoms with Crippen LogP contribution in [0.3, 0.4) is 0 Å². The Labute approximate surface area is 90.6 Å². The molecule has 0 saturated carbocycles. The molecule has 0 atom stereocenters. The molecule has 0 aliphatic heterocycles. The molecule has 0 radical (unpaired) electrons. The zero-order valence-corrected chi connectivity index (χ0v) is 9.54. The van der Waals surface area contributed by atoms with Crippen molar-refractivity contribution in [1.29, 1.82) is 0 Å². The summed E-state index contributed by atoms with van der Waals surface area (Å²) in [5.74, 6) is 5.40. The van der Waals surface area contributed by atoms with Crippen molar-refractivity contribution >= 4 is 17.8 Å². The predicted octanol–water partition coefficient (Wildman–Crippen LogP) is -0.553. The second-order valence-corrected chi connectivity index (χ2v) is 3.93. The second kappa shape index (κ2) is 4.39. The Morgan fingerprint density at radius 1 is 1.60 bits per heavy atom. The van der Waals surface area contributed by atoms with E-state index in [0.717, 1.165) is 4.68 Å². The number of rotatable bonds is 2. The maximum Gasteiger partial charge on any atom is 0.374 e. The van der Waals surface area contributed by atoms with Crippen LogP contribution in [0, 0.1) is 0 Å². The zero-order valence-electron chi connectivity index (χ0n) is 8.72. The first-order valence-electron chi connectivity index (χ1n) is 4.29. The first-order chi connectivity index (χ1) is 6.97. The van der Waals surface area contributed by atoms with E-state index in [2.05, 4.69) is 10.4 Å². The van der Waals surface area contributed by atoms with Crippen molar-refractivity contribution in [3.63, 3.8) is 0 Å². The molecule has 0 aromatic carbocycles. The molecule has 0 spiro atoms. The minimum Gasteiger partial charge on any atom is -0.334 e. The van der Waals surface area contributed by atoms with E-state index in [1.165, 1.54) is 11.8 Å². The van der Waals surface area contributed by atoms with Crippen LogP contribution in [0.2, 0.25) is 0 Å². The van der Waals surface area contributed by atoms with Gasteiger partial charge in [-0.05, 0) is 20.1 Å². The lowest BCUT2D eigenvalue weighted by molar-refractivity contribution is 0.236. The summed E-state index contributed by atoms with van der Waals surface area (Å²) in [6.07, 6.45) is 1.72. The van der Waals surface area contributed by atoms with Gasteiger partial charge in [0.15, 0.2) is 0 Å². The molecule has 0 unspecified atom stereocenters. The van der Waals surface area contributed by atoms with Crippen molar-refractivity contribution < 1.29 is 4.79 Å². The Hall–Kier alpha value is -1.44. The largest absolute Gasteiger partial charge is 0.374 e. The quantitative estimate of drug-likeness (QED) is 0.526. The Morgan fingerprint density at radius 3 is 2.60 bits per heavy atom. The van der Waals surface area contributed by atoms with Crippen molar-refractivity contribution in [2.45, 2.75) is 25.0 Å². The summed E-state index contributed by atoms with van der Waals surface area (Å²) in [4.78, 5) is 22.9. The molecule has 3 N–H and O–H groups in total. The number of hydrogen-bond acceptors (Lipinski definition) is 5. The minimum absolute atomic E-state index is 0.0648. The van der Waals surface area contributed by atoms with Gasteiger partial charge in [0.05, 0.1) is 0 Å². The van der Waals surface area contributed by atoms with E-state index in [4.69, 9.17) is 5.84 Å². The first kappa shape index (κ1) is 11.6. The number of carbonyl (C=O) groups is 1. The summed E-state index contributed by atoms with van der Waals surface area (Å²) in [6, 6.07) is -0.639. The fraction of sp³-hybridized carbons (Fsp3) is 0.571. The normalized spacial score (nSPS) is 10.7.